The average molecular weight is 332 g/mol. The minimum atomic E-state index is -4.50. The van der Waals surface area contributed by atoms with Crippen molar-refractivity contribution in [3.63, 3.8) is 0 Å². The number of carbonyl (C=O) groups excluding carboxylic acids is 2. The van der Waals surface area contributed by atoms with E-state index in [4.69, 9.17) is 5.73 Å². The second kappa shape index (κ2) is 7.45. The number of halogens is 3. The van der Waals surface area contributed by atoms with Gasteiger partial charge in [-0.2, -0.15) is 13.2 Å². The molecule has 2 amide bonds. The molecule has 0 aliphatic rings. The van der Waals surface area contributed by atoms with Crippen LogP contribution < -0.4 is 11.1 Å². The number of benzene rings is 1. The molecule has 0 unspecified atom stereocenters. The van der Waals surface area contributed by atoms with Crippen molar-refractivity contribution >= 4 is 11.8 Å². The van der Waals surface area contributed by atoms with E-state index in [2.05, 4.69) is 5.32 Å². The van der Waals surface area contributed by atoms with E-state index in [1.54, 1.807) is 13.8 Å². The van der Waals surface area contributed by atoms with Crippen LogP contribution in [0.5, 0.6) is 0 Å². The summed E-state index contributed by atoms with van der Waals surface area (Å²) >= 11 is 0. The van der Waals surface area contributed by atoms with Crippen molar-refractivity contribution in [3.05, 3.63) is 35.4 Å². The molecule has 128 valence electrons. The van der Waals surface area contributed by atoms with Gasteiger partial charge >= 0.3 is 6.18 Å². The lowest BCUT2D eigenvalue weighted by Gasteiger charge is -2.22. The summed E-state index contributed by atoms with van der Waals surface area (Å²) in [7, 11) is 0. The highest BCUT2D eigenvalue weighted by Crippen LogP contribution is 2.30. The summed E-state index contributed by atoms with van der Waals surface area (Å²) in [6, 6.07) is 2.60. The first-order chi connectivity index (χ1) is 10.6. The Morgan fingerprint density at radius 1 is 1.26 bits per heavy atom. The van der Waals surface area contributed by atoms with E-state index < -0.39 is 35.7 Å². The first-order valence-electron chi connectivity index (χ1n) is 7.02. The number of nitrogens with one attached hydrogen (secondary N) is 1. The Labute approximate surface area is 131 Å². The third-order valence-corrected chi connectivity index (χ3v) is 3.62. The van der Waals surface area contributed by atoms with Crippen molar-refractivity contribution in [1.29, 1.82) is 0 Å². The smallest absolute Gasteiger partial charge is 0.378 e. The van der Waals surface area contributed by atoms with Gasteiger partial charge in [0, 0.05) is 0 Å². The topological polar surface area (TPSA) is 92.4 Å². The van der Waals surface area contributed by atoms with Gasteiger partial charge in [0.1, 0.15) is 6.04 Å². The molecular weight excluding hydrogens is 313 g/mol. The van der Waals surface area contributed by atoms with Crippen LogP contribution in [0.25, 0.3) is 0 Å². The number of aliphatic hydroxyl groups excluding tert-OH is 1. The fourth-order valence-corrected chi connectivity index (χ4v) is 1.97. The minimum absolute atomic E-state index is 0.0112. The molecular formula is C15H19F3N2O3. The quantitative estimate of drug-likeness (QED) is 0.741. The first kappa shape index (κ1) is 19.0. The summed E-state index contributed by atoms with van der Waals surface area (Å²) in [6.45, 7) is 3.51. The number of amides is 2. The van der Waals surface area contributed by atoms with Gasteiger partial charge in [-0.3, -0.25) is 9.59 Å². The van der Waals surface area contributed by atoms with Crippen LogP contribution in [-0.4, -0.2) is 23.0 Å². The number of aliphatic hydroxyl groups is 1. The molecule has 23 heavy (non-hydrogen) atoms. The average Bonchev–Trinajstić information content (AvgIpc) is 2.49. The maximum Gasteiger partial charge on any atom is 0.416 e. The maximum atomic E-state index is 12.5. The third-order valence-electron chi connectivity index (χ3n) is 3.62. The standard InChI is InChI=1S/C15H19F3N2O3/c1-3-8(2)11(13(19)22)20-14(23)12(21)9-4-6-10(7-5-9)15(16,17)18/h4-8,11-12,21H,3H2,1-2H3,(H2,19,22)(H,20,23)/t8-,11+,12-/m0/s1. The van der Waals surface area contributed by atoms with Crippen LogP contribution >= 0.6 is 0 Å². The summed E-state index contributed by atoms with van der Waals surface area (Å²) in [5.74, 6) is -1.88. The molecule has 0 saturated heterocycles. The summed E-state index contributed by atoms with van der Waals surface area (Å²) in [6.07, 6.45) is -5.62. The minimum Gasteiger partial charge on any atom is -0.378 e. The number of hydrogen-bond acceptors (Lipinski definition) is 3. The molecule has 5 nitrogen and oxygen atoms in total. The molecule has 1 aromatic carbocycles. The maximum absolute atomic E-state index is 12.5. The Hall–Kier alpha value is -2.09. The van der Waals surface area contributed by atoms with Crippen LogP contribution in [0.2, 0.25) is 0 Å². The predicted molar refractivity (Wildman–Crippen MR) is 77.0 cm³/mol. The zero-order valence-corrected chi connectivity index (χ0v) is 12.7. The normalized spacial score (nSPS) is 15.6. The van der Waals surface area contributed by atoms with Crippen molar-refractivity contribution in [2.75, 3.05) is 0 Å². The second-order valence-corrected chi connectivity index (χ2v) is 5.30. The Bertz CT molecular complexity index is 558. The molecule has 3 atom stereocenters. The Kier molecular flexibility index (Phi) is 6.14. The number of nitrogens with two attached hydrogens (primary N) is 1. The molecule has 1 rings (SSSR count). The molecule has 0 heterocycles. The number of primary amides is 1. The van der Waals surface area contributed by atoms with Gasteiger partial charge in [0.25, 0.3) is 5.91 Å². The van der Waals surface area contributed by atoms with Gasteiger partial charge in [0.15, 0.2) is 6.10 Å². The molecule has 0 aliphatic heterocycles. The lowest BCUT2D eigenvalue weighted by molar-refractivity contribution is -0.137. The summed E-state index contributed by atoms with van der Waals surface area (Å²) < 4.78 is 37.4. The van der Waals surface area contributed by atoms with Crippen LogP contribution in [0.15, 0.2) is 24.3 Å². The zero-order chi connectivity index (χ0) is 17.8. The number of rotatable bonds is 6. The van der Waals surface area contributed by atoms with Gasteiger partial charge < -0.3 is 16.2 Å². The fraction of sp³-hybridized carbons (Fsp3) is 0.467. The highest BCUT2D eigenvalue weighted by atomic mass is 19.4. The van der Waals surface area contributed by atoms with Gasteiger partial charge in [0.05, 0.1) is 5.56 Å². The highest BCUT2D eigenvalue weighted by Gasteiger charge is 2.31. The molecule has 0 bridgehead atoms. The lowest BCUT2D eigenvalue weighted by Crippen LogP contribution is -2.49. The number of carbonyl (C=O) groups is 2. The molecule has 0 saturated carbocycles. The largest absolute Gasteiger partial charge is 0.416 e. The van der Waals surface area contributed by atoms with Crippen LogP contribution in [0.1, 0.15) is 37.5 Å². The van der Waals surface area contributed by atoms with E-state index in [-0.39, 0.29) is 11.5 Å². The van der Waals surface area contributed by atoms with Gasteiger partial charge in [-0.15, -0.1) is 0 Å². The van der Waals surface area contributed by atoms with Crippen LogP contribution in [0.3, 0.4) is 0 Å². The van der Waals surface area contributed by atoms with Crippen LogP contribution in [-0.2, 0) is 15.8 Å². The Balaban J connectivity index is 2.85. The van der Waals surface area contributed by atoms with Crippen molar-refractivity contribution in [2.45, 2.75) is 38.6 Å². The van der Waals surface area contributed by atoms with Crippen molar-refractivity contribution < 1.29 is 27.9 Å². The Morgan fingerprint density at radius 3 is 2.17 bits per heavy atom. The molecule has 0 aromatic heterocycles. The van der Waals surface area contributed by atoms with E-state index in [1.165, 1.54) is 0 Å². The molecule has 8 heteroatoms. The SMILES string of the molecule is CC[C@H](C)[C@@H](NC(=O)[C@@H](O)c1ccc(C(F)(F)F)cc1)C(N)=O. The van der Waals surface area contributed by atoms with Gasteiger partial charge in [0.2, 0.25) is 5.91 Å². The second-order valence-electron chi connectivity index (χ2n) is 5.30. The summed E-state index contributed by atoms with van der Waals surface area (Å²) in [5, 5.41) is 12.2. The van der Waals surface area contributed by atoms with Crippen molar-refractivity contribution in [1.82, 2.24) is 5.32 Å². The van der Waals surface area contributed by atoms with E-state index in [9.17, 15) is 27.9 Å². The monoisotopic (exact) mass is 332 g/mol. The molecule has 0 radical (unpaired) electrons. The van der Waals surface area contributed by atoms with Crippen LogP contribution in [0.4, 0.5) is 13.2 Å². The van der Waals surface area contributed by atoms with E-state index in [1.807, 2.05) is 0 Å². The van der Waals surface area contributed by atoms with Gasteiger partial charge in [-0.1, -0.05) is 32.4 Å². The first-order valence-corrected chi connectivity index (χ1v) is 7.02. The fourth-order valence-electron chi connectivity index (χ4n) is 1.97. The van der Waals surface area contributed by atoms with Gasteiger partial charge in [-0.05, 0) is 23.6 Å². The van der Waals surface area contributed by atoms with Crippen molar-refractivity contribution in [2.24, 2.45) is 11.7 Å². The zero-order valence-electron chi connectivity index (χ0n) is 12.7. The van der Waals surface area contributed by atoms with E-state index >= 15 is 0 Å². The lowest BCUT2D eigenvalue weighted by atomic mass is 9.98. The highest BCUT2D eigenvalue weighted by molar-refractivity contribution is 5.89. The molecule has 0 spiro atoms. The molecule has 4 N–H and O–H groups in total. The molecule has 0 fully saturated rings. The Morgan fingerprint density at radius 2 is 1.78 bits per heavy atom. The van der Waals surface area contributed by atoms with Gasteiger partial charge in [-0.25, -0.2) is 0 Å². The number of hydrogen-bond donors (Lipinski definition) is 3. The molecule has 1 aromatic rings. The van der Waals surface area contributed by atoms with Crippen molar-refractivity contribution in [3.8, 4) is 0 Å². The summed E-state index contributed by atoms with van der Waals surface area (Å²) in [4.78, 5) is 23.3. The van der Waals surface area contributed by atoms with Crippen LogP contribution in [0, 0.1) is 5.92 Å². The third kappa shape index (κ3) is 4.95. The molecule has 0 aliphatic carbocycles. The van der Waals surface area contributed by atoms with E-state index in [0.29, 0.717) is 6.42 Å². The summed E-state index contributed by atoms with van der Waals surface area (Å²) in [5.41, 5.74) is 4.31. The predicted octanol–water partition coefficient (Wildman–Crippen LogP) is 1.76. The van der Waals surface area contributed by atoms with E-state index in [0.717, 1.165) is 24.3 Å². The number of alkyl halides is 3.